The van der Waals surface area contributed by atoms with Gasteiger partial charge in [-0.2, -0.15) is 0 Å². The van der Waals surface area contributed by atoms with Gasteiger partial charge in [-0.1, -0.05) is 0 Å². The molecule has 0 bridgehead atoms. The first-order valence-electron chi connectivity index (χ1n) is 8.06. The van der Waals surface area contributed by atoms with Crippen molar-refractivity contribution >= 4 is 11.9 Å². The van der Waals surface area contributed by atoms with Crippen LogP contribution in [0.1, 0.15) is 10.4 Å². The topological polar surface area (TPSA) is 79.8 Å². The van der Waals surface area contributed by atoms with Crippen molar-refractivity contribution in [3.63, 3.8) is 0 Å². The highest BCUT2D eigenvalue weighted by atomic mass is 16.5. The average Bonchev–Trinajstić information content (AvgIpc) is 2.63. The van der Waals surface area contributed by atoms with Crippen molar-refractivity contribution in [1.82, 2.24) is 20.2 Å². The highest BCUT2D eigenvalue weighted by Crippen LogP contribution is 2.09. The molecule has 0 atom stereocenters. The summed E-state index contributed by atoms with van der Waals surface area (Å²) >= 11 is 0. The summed E-state index contributed by atoms with van der Waals surface area (Å²) < 4.78 is 10.6. The maximum atomic E-state index is 12.1. The van der Waals surface area contributed by atoms with Gasteiger partial charge in [0.25, 0.3) is 5.91 Å². The average molecular weight is 321 g/mol. The number of rotatable bonds is 5. The number of aromatic nitrogens is 2. The number of amides is 1. The molecule has 0 aromatic carbocycles. The zero-order valence-corrected chi connectivity index (χ0v) is 13.2. The van der Waals surface area contributed by atoms with E-state index < -0.39 is 0 Å². The number of carbonyl (C=O) groups is 1. The van der Waals surface area contributed by atoms with Gasteiger partial charge in [0.2, 0.25) is 5.95 Å². The zero-order valence-electron chi connectivity index (χ0n) is 13.2. The fourth-order valence-corrected chi connectivity index (χ4v) is 2.62. The molecule has 3 heterocycles. The predicted molar refractivity (Wildman–Crippen MR) is 84.7 cm³/mol. The molecule has 2 aliphatic heterocycles. The van der Waals surface area contributed by atoms with Crippen LogP contribution in [-0.2, 0) is 9.47 Å². The molecule has 0 radical (unpaired) electrons. The summed E-state index contributed by atoms with van der Waals surface area (Å²) in [4.78, 5) is 25.0. The number of nitrogens with zero attached hydrogens (tertiary/aromatic N) is 4. The number of hydrogen-bond donors (Lipinski definition) is 1. The number of hydrogen-bond acceptors (Lipinski definition) is 7. The number of nitrogens with one attached hydrogen (secondary N) is 1. The van der Waals surface area contributed by atoms with Crippen LogP contribution in [0.5, 0.6) is 0 Å². The van der Waals surface area contributed by atoms with E-state index in [9.17, 15) is 4.79 Å². The largest absolute Gasteiger partial charge is 0.379 e. The van der Waals surface area contributed by atoms with Crippen molar-refractivity contribution in [2.45, 2.75) is 0 Å². The monoisotopic (exact) mass is 321 g/mol. The first-order chi connectivity index (χ1) is 11.3. The van der Waals surface area contributed by atoms with Gasteiger partial charge in [0, 0.05) is 51.7 Å². The van der Waals surface area contributed by atoms with Crippen LogP contribution in [0.4, 0.5) is 5.95 Å². The van der Waals surface area contributed by atoms with Crippen molar-refractivity contribution < 1.29 is 14.3 Å². The molecule has 2 fully saturated rings. The van der Waals surface area contributed by atoms with Crippen LogP contribution in [0.3, 0.4) is 0 Å². The summed E-state index contributed by atoms with van der Waals surface area (Å²) in [6.45, 7) is 7.78. The van der Waals surface area contributed by atoms with Gasteiger partial charge in [-0.05, 0) is 0 Å². The Morgan fingerprint density at radius 2 is 1.65 bits per heavy atom. The van der Waals surface area contributed by atoms with Gasteiger partial charge in [0.1, 0.15) is 0 Å². The van der Waals surface area contributed by atoms with Gasteiger partial charge >= 0.3 is 0 Å². The van der Waals surface area contributed by atoms with Crippen molar-refractivity contribution in [2.24, 2.45) is 0 Å². The third-order valence-corrected chi connectivity index (χ3v) is 4.01. The second-order valence-corrected chi connectivity index (χ2v) is 5.58. The molecule has 0 spiro atoms. The molecule has 8 heteroatoms. The lowest BCUT2D eigenvalue weighted by molar-refractivity contribution is 0.0383. The van der Waals surface area contributed by atoms with Crippen LogP contribution in [0.25, 0.3) is 0 Å². The molecule has 126 valence electrons. The molecular weight excluding hydrogens is 298 g/mol. The minimum absolute atomic E-state index is 0.133. The molecule has 23 heavy (non-hydrogen) atoms. The summed E-state index contributed by atoms with van der Waals surface area (Å²) in [5, 5.41) is 2.91. The quantitative estimate of drug-likeness (QED) is 0.774. The summed E-state index contributed by atoms with van der Waals surface area (Å²) in [6.07, 6.45) is 3.17. The van der Waals surface area contributed by atoms with Crippen molar-refractivity contribution in [2.75, 3.05) is 70.6 Å². The second-order valence-electron chi connectivity index (χ2n) is 5.58. The van der Waals surface area contributed by atoms with Gasteiger partial charge in [0.15, 0.2) is 0 Å². The number of morpholine rings is 2. The third kappa shape index (κ3) is 4.60. The Labute approximate surface area is 135 Å². The van der Waals surface area contributed by atoms with Crippen LogP contribution in [0.2, 0.25) is 0 Å². The van der Waals surface area contributed by atoms with Crippen molar-refractivity contribution in [3.8, 4) is 0 Å². The molecule has 1 aromatic heterocycles. The Balaban J connectivity index is 1.45. The van der Waals surface area contributed by atoms with E-state index in [1.165, 1.54) is 0 Å². The SMILES string of the molecule is O=C(NCCN1CCOCC1)c1cnc(N2CCOCC2)nc1. The molecule has 2 aliphatic rings. The van der Waals surface area contributed by atoms with Gasteiger partial charge in [0.05, 0.1) is 32.0 Å². The van der Waals surface area contributed by atoms with E-state index in [1.807, 2.05) is 0 Å². The van der Waals surface area contributed by atoms with Gasteiger partial charge < -0.3 is 19.7 Å². The van der Waals surface area contributed by atoms with Gasteiger partial charge in [-0.25, -0.2) is 9.97 Å². The maximum Gasteiger partial charge on any atom is 0.254 e. The molecule has 2 saturated heterocycles. The lowest BCUT2D eigenvalue weighted by Crippen LogP contribution is -2.41. The van der Waals surface area contributed by atoms with Crippen LogP contribution in [0.15, 0.2) is 12.4 Å². The van der Waals surface area contributed by atoms with Crippen molar-refractivity contribution in [3.05, 3.63) is 18.0 Å². The molecule has 8 nitrogen and oxygen atoms in total. The van der Waals surface area contributed by atoms with Gasteiger partial charge in [-0.3, -0.25) is 9.69 Å². The summed E-state index contributed by atoms with van der Waals surface area (Å²) in [7, 11) is 0. The van der Waals surface area contributed by atoms with E-state index in [4.69, 9.17) is 9.47 Å². The molecule has 0 aliphatic carbocycles. The Bertz CT molecular complexity index is 498. The molecule has 1 amide bonds. The zero-order chi connectivity index (χ0) is 15.9. The summed E-state index contributed by atoms with van der Waals surface area (Å²) in [5.41, 5.74) is 0.490. The third-order valence-electron chi connectivity index (χ3n) is 4.01. The summed E-state index contributed by atoms with van der Waals surface area (Å²) in [5.74, 6) is 0.518. The lowest BCUT2D eigenvalue weighted by atomic mass is 10.3. The minimum atomic E-state index is -0.133. The highest BCUT2D eigenvalue weighted by molar-refractivity contribution is 5.93. The normalized spacial score (nSPS) is 19.6. The summed E-state index contributed by atoms with van der Waals surface area (Å²) in [6, 6.07) is 0. The number of ether oxygens (including phenoxy) is 2. The first kappa shape index (κ1) is 16.1. The van der Waals surface area contributed by atoms with E-state index in [0.717, 1.165) is 45.9 Å². The predicted octanol–water partition coefficient (Wildman–Crippen LogP) is -0.625. The van der Waals surface area contributed by atoms with Crippen LogP contribution >= 0.6 is 0 Å². The van der Waals surface area contributed by atoms with Gasteiger partial charge in [-0.15, -0.1) is 0 Å². The lowest BCUT2D eigenvalue weighted by Gasteiger charge is -2.26. The molecule has 1 N–H and O–H groups in total. The van der Waals surface area contributed by atoms with E-state index in [2.05, 4.69) is 25.1 Å². The fraction of sp³-hybridized carbons (Fsp3) is 0.667. The Kier molecular flexibility index (Phi) is 5.73. The maximum absolute atomic E-state index is 12.1. The Morgan fingerprint density at radius 3 is 2.30 bits per heavy atom. The van der Waals surface area contributed by atoms with E-state index in [0.29, 0.717) is 31.3 Å². The highest BCUT2D eigenvalue weighted by Gasteiger charge is 2.15. The molecule has 0 saturated carbocycles. The number of anilines is 1. The van der Waals surface area contributed by atoms with Crippen LogP contribution in [-0.4, -0.2) is 86.5 Å². The fourth-order valence-electron chi connectivity index (χ4n) is 2.62. The molecule has 0 unspecified atom stereocenters. The van der Waals surface area contributed by atoms with E-state index in [1.54, 1.807) is 12.4 Å². The Hall–Kier alpha value is -1.77. The van der Waals surface area contributed by atoms with Crippen LogP contribution in [0, 0.1) is 0 Å². The standard InChI is InChI=1S/C15H23N5O3/c21-14(16-1-2-19-3-7-22-8-4-19)13-11-17-15(18-12-13)20-5-9-23-10-6-20/h11-12H,1-10H2,(H,16,21). The molecular formula is C15H23N5O3. The Morgan fingerprint density at radius 1 is 1.04 bits per heavy atom. The number of carbonyl (C=O) groups excluding carboxylic acids is 1. The van der Waals surface area contributed by atoms with E-state index in [-0.39, 0.29) is 5.91 Å². The van der Waals surface area contributed by atoms with Crippen molar-refractivity contribution in [1.29, 1.82) is 0 Å². The molecule has 3 rings (SSSR count). The van der Waals surface area contributed by atoms with Crippen LogP contribution < -0.4 is 10.2 Å². The second kappa shape index (κ2) is 8.19. The smallest absolute Gasteiger partial charge is 0.254 e. The first-order valence-corrected chi connectivity index (χ1v) is 8.06. The molecule has 1 aromatic rings. The minimum Gasteiger partial charge on any atom is -0.379 e. The van der Waals surface area contributed by atoms with E-state index >= 15 is 0 Å².